The fraction of sp³-hybridized carbons (Fsp3) is 0.381. The number of anilines is 1. The summed E-state index contributed by atoms with van der Waals surface area (Å²) in [6.45, 7) is 0.757. The third-order valence-corrected chi connectivity index (χ3v) is 7.00. The number of aromatic nitrogens is 2. The predicted octanol–water partition coefficient (Wildman–Crippen LogP) is 4.09. The zero-order chi connectivity index (χ0) is 19.1. The monoisotopic (exact) mass is 397 g/mol. The summed E-state index contributed by atoms with van der Waals surface area (Å²) >= 11 is 0. The van der Waals surface area contributed by atoms with E-state index in [0.29, 0.717) is 10.6 Å². The van der Waals surface area contributed by atoms with Crippen molar-refractivity contribution in [2.45, 2.75) is 49.5 Å². The number of sulfonamides is 1. The minimum atomic E-state index is -3.63. The quantitative estimate of drug-likeness (QED) is 0.694. The number of hydrogen-bond donors (Lipinski definition) is 2. The summed E-state index contributed by atoms with van der Waals surface area (Å²) in [5.74, 6) is 0.808. The Morgan fingerprint density at radius 3 is 2.71 bits per heavy atom. The largest absolute Gasteiger partial charge is 0.370 e. The van der Waals surface area contributed by atoms with E-state index in [1.807, 2.05) is 18.2 Å². The maximum absolute atomic E-state index is 12.9. The second kappa shape index (κ2) is 6.90. The molecule has 1 atom stereocenters. The number of H-pyrrole nitrogens is 1. The molecule has 0 bridgehead atoms. The van der Waals surface area contributed by atoms with Gasteiger partial charge in [0, 0.05) is 6.61 Å². The smallest absolute Gasteiger partial charge is 0.261 e. The van der Waals surface area contributed by atoms with E-state index >= 15 is 0 Å². The highest BCUT2D eigenvalue weighted by Gasteiger charge is 2.22. The van der Waals surface area contributed by atoms with Crippen molar-refractivity contribution in [2.75, 3.05) is 11.3 Å². The van der Waals surface area contributed by atoms with Crippen LogP contribution in [0.3, 0.4) is 0 Å². The lowest BCUT2D eigenvalue weighted by Crippen LogP contribution is -2.14. The van der Waals surface area contributed by atoms with Crippen LogP contribution in [0.1, 0.15) is 48.7 Å². The molecule has 28 heavy (non-hydrogen) atoms. The van der Waals surface area contributed by atoms with Gasteiger partial charge < -0.3 is 9.72 Å². The summed E-state index contributed by atoms with van der Waals surface area (Å²) in [5, 5.41) is 0. The third kappa shape index (κ3) is 3.29. The summed E-state index contributed by atoms with van der Waals surface area (Å²) in [6.07, 6.45) is 6.27. The number of nitrogens with one attached hydrogen (secondary N) is 2. The first-order chi connectivity index (χ1) is 13.6. The molecule has 0 spiro atoms. The van der Waals surface area contributed by atoms with Crippen molar-refractivity contribution in [1.82, 2.24) is 9.97 Å². The molecule has 1 aliphatic heterocycles. The van der Waals surface area contributed by atoms with Gasteiger partial charge in [0.25, 0.3) is 10.0 Å². The van der Waals surface area contributed by atoms with Crippen LogP contribution in [0.2, 0.25) is 0 Å². The molecular formula is C21H23N3O3S. The zero-order valence-corrected chi connectivity index (χ0v) is 16.4. The molecule has 1 saturated heterocycles. The van der Waals surface area contributed by atoms with Crippen molar-refractivity contribution >= 4 is 26.7 Å². The lowest BCUT2D eigenvalue weighted by Gasteiger charge is -2.17. The Kier molecular flexibility index (Phi) is 4.36. The van der Waals surface area contributed by atoms with Crippen LogP contribution >= 0.6 is 0 Å². The van der Waals surface area contributed by atoms with Crippen molar-refractivity contribution in [3.05, 3.63) is 53.3 Å². The van der Waals surface area contributed by atoms with E-state index in [4.69, 9.17) is 4.74 Å². The Morgan fingerprint density at radius 1 is 1.04 bits per heavy atom. The number of imidazole rings is 1. The highest BCUT2D eigenvalue weighted by Crippen LogP contribution is 2.29. The molecule has 1 aromatic heterocycles. The van der Waals surface area contributed by atoms with Crippen molar-refractivity contribution in [3.63, 3.8) is 0 Å². The average Bonchev–Trinajstić information content (AvgIpc) is 3.36. The van der Waals surface area contributed by atoms with Gasteiger partial charge in [-0.1, -0.05) is 6.07 Å². The van der Waals surface area contributed by atoms with Gasteiger partial charge in [0.15, 0.2) is 0 Å². The number of ether oxygens (including phenoxy) is 1. The summed E-state index contributed by atoms with van der Waals surface area (Å²) < 4.78 is 34.1. The SMILES string of the molecule is O=S(=O)(Nc1ccc2nc(C3CCCO3)[nH]c2c1)c1ccc2c(c1)CCCC2. The second-order valence-electron chi connectivity index (χ2n) is 7.60. The van der Waals surface area contributed by atoms with Gasteiger partial charge in [-0.05, 0) is 80.0 Å². The van der Waals surface area contributed by atoms with E-state index in [2.05, 4.69) is 14.7 Å². The van der Waals surface area contributed by atoms with Crippen LogP contribution < -0.4 is 4.72 Å². The normalized spacial score (nSPS) is 19.6. The Balaban J connectivity index is 1.42. The minimum absolute atomic E-state index is 0.00281. The van der Waals surface area contributed by atoms with Gasteiger partial charge in [-0.25, -0.2) is 13.4 Å². The van der Waals surface area contributed by atoms with Gasteiger partial charge in [0.2, 0.25) is 0 Å². The van der Waals surface area contributed by atoms with Gasteiger partial charge >= 0.3 is 0 Å². The molecule has 1 unspecified atom stereocenters. The average molecular weight is 398 g/mol. The van der Waals surface area contributed by atoms with Gasteiger partial charge in [0.1, 0.15) is 11.9 Å². The summed E-state index contributed by atoms with van der Waals surface area (Å²) in [6, 6.07) is 10.8. The number of fused-ring (bicyclic) bond motifs is 2. The fourth-order valence-corrected chi connectivity index (χ4v) is 5.23. The first kappa shape index (κ1) is 17.7. The molecule has 3 aromatic rings. The number of aromatic amines is 1. The maximum atomic E-state index is 12.9. The highest BCUT2D eigenvalue weighted by atomic mass is 32.2. The molecule has 0 radical (unpaired) electrons. The van der Waals surface area contributed by atoms with Crippen LogP contribution in [0.5, 0.6) is 0 Å². The van der Waals surface area contributed by atoms with Crippen molar-refractivity contribution in [2.24, 2.45) is 0 Å². The molecule has 2 aliphatic rings. The molecule has 7 heteroatoms. The number of hydrogen-bond acceptors (Lipinski definition) is 4. The first-order valence-electron chi connectivity index (χ1n) is 9.84. The lowest BCUT2D eigenvalue weighted by molar-refractivity contribution is 0.106. The number of benzene rings is 2. The minimum Gasteiger partial charge on any atom is -0.370 e. The Bertz CT molecular complexity index is 1130. The summed E-state index contributed by atoms with van der Waals surface area (Å²) in [4.78, 5) is 8.17. The van der Waals surface area contributed by atoms with E-state index < -0.39 is 10.0 Å². The zero-order valence-electron chi connectivity index (χ0n) is 15.6. The maximum Gasteiger partial charge on any atom is 0.261 e. The molecule has 2 heterocycles. The Hall–Kier alpha value is -2.38. The van der Waals surface area contributed by atoms with E-state index in [9.17, 15) is 8.42 Å². The van der Waals surface area contributed by atoms with Crippen LogP contribution in [0.4, 0.5) is 5.69 Å². The highest BCUT2D eigenvalue weighted by molar-refractivity contribution is 7.92. The standard InChI is InChI=1S/C21H23N3O3S/c25-28(26,17-9-7-14-4-1-2-5-15(14)12-17)24-16-8-10-18-19(13-16)23-21(22-18)20-6-3-11-27-20/h7-10,12-13,20,24H,1-6,11H2,(H,22,23). The molecule has 1 aliphatic carbocycles. The van der Waals surface area contributed by atoms with Crippen LogP contribution in [-0.2, 0) is 27.6 Å². The number of nitrogens with zero attached hydrogens (tertiary/aromatic N) is 1. The van der Waals surface area contributed by atoms with E-state index in [1.54, 1.807) is 18.2 Å². The molecule has 2 aromatic carbocycles. The van der Waals surface area contributed by atoms with Crippen LogP contribution in [0.15, 0.2) is 41.3 Å². The van der Waals surface area contributed by atoms with Crippen molar-refractivity contribution in [3.8, 4) is 0 Å². The van der Waals surface area contributed by atoms with E-state index in [-0.39, 0.29) is 6.10 Å². The molecule has 5 rings (SSSR count). The summed E-state index contributed by atoms with van der Waals surface area (Å²) in [7, 11) is -3.63. The van der Waals surface area contributed by atoms with E-state index in [0.717, 1.165) is 61.1 Å². The first-order valence-corrected chi connectivity index (χ1v) is 11.3. The van der Waals surface area contributed by atoms with E-state index in [1.165, 1.54) is 12.0 Å². The molecule has 146 valence electrons. The predicted molar refractivity (Wildman–Crippen MR) is 108 cm³/mol. The number of rotatable bonds is 4. The summed E-state index contributed by atoms with van der Waals surface area (Å²) in [5.41, 5.74) is 4.55. The Morgan fingerprint density at radius 2 is 1.89 bits per heavy atom. The molecular weight excluding hydrogens is 374 g/mol. The molecule has 2 N–H and O–H groups in total. The van der Waals surface area contributed by atoms with Gasteiger partial charge in [-0.2, -0.15) is 0 Å². The van der Waals surface area contributed by atoms with Crippen LogP contribution in [0.25, 0.3) is 11.0 Å². The van der Waals surface area contributed by atoms with Crippen molar-refractivity contribution < 1.29 is 13.2 Å². The molecule has 0 amide bonds. The fourth-order valence-electron chi connectivity index (χ4n) is 4.13. The lowest BCUT2D eigenvalue weighted by atomic mass is 9.92. The Labute approximate surface area is 164 Å². The van der Waals surface area contributed by atoms with Gasteiger partial charge in [0.05, 0.1) is 21.6 Å². The number of aryl methyl sites for hydroxylation is 2. The van der Waals surface area contributed by atoms with Gasteiger partial charge in [-0.15, -0.1) is 0 Å². The molecule has 1 fully saturated rings. The second-order valence-corrected chi connectivity index (χ2v) is 9.28. The topological polar surface area (TPSA) is 84.1 Å². The van der Waals surface area contributed by atoms with Crippen molar-refractivity contribution in [1.29, 1.82) is 0 Å². The molecule has 0 saturated carbocycles. The van der Waals surface area contributed by atoms with Crippen LogP contribution in [-0.4, -0.2) is 25.0 Å². The van der Waals surface area contributed by atoms with Crippen LogP contribution in [0, 0.1) is 0 Å². The third-order valence-electron chi connectivity index (χ3n) is 5.62. The van der Waals surface area contributed by atoms with Gasteiger partial charge in [-0.3, -0.25) is 4.72 Å². The molecule has 6 nitrogen and oxygen atoms in total.